The van der Waals surface area contributed by atoms with E-state index in [1.807, 2.05) is 11.1 Å². The van der Waals surface area contributed by atoms with Gasteiger partial charge < -0.3 is 0 Å². The smallest absolute Gasteiger partial charge is 0.295 e. The Bertz CT molecular complexity index is 822. The van der Waals surface area contributed by atoms with Gasteiger partial charge in [0.25, 0.3) is 5.56 Å². The molecule has 0 saturated carbocycles. The van der Waals surface area contributed by atoms with Crippen molar-refractivity contribution >= 4 is 27.5 Å². The summed E-state index contributed by atoms with van der Waals surface area (Å²) in [5.41, 5.74) is -2.12. The van der Waals surface area contributed by atoms with Crippen molar-refractivity contribution in [3.05, 3.63) is 60.0 Å². The summed E-state index contributed by atoms with van der Waals surface area (Å²) in [5, 5.41) is 8.30. The van der Waals surface area contributed by atoms with E-state index in [1.165, 1.54) is 12.1 Å². The number of halogens is 3. The Morgan fingerprint density at radius 2 is 2.11 bits per heavy atom. The van der Waals surface area contributed by atoms with Gasteiger partial charge in [0, 0.05) is 4.47 Å². The molecule has 8 heteroatoms. The van der Waals surface area contributed by atoms with Crippen LogP contribution in [0.15, 0.2) is 32.3 Å². The number of nitrogens with one attached hydrogen (secondary N) is 1. The van der Waals surface area contributed by atoms with E-state index >= 15 is 0 Å². The Kier molecular flexibility index (Phi) is 3.55. The van der Waals surface area contributed by atoms with Crippen molar-refractivity contribution in [1.29, 1.82) is 5.26 Å². The molecule has 19 heavy (non-hydrogen) atoms. The first kappa shape index (κ1) is 13.5. The molecule has 2 rings (SSSR count). The van der Waals surface area contributed by atoms with Crippen molar-refractivity contribution < 1.29 is 4.39 Å². The van der Waals surface area contributed by atoms with E-state index in [4.69, 9.17) is 16.9 Å². The predicted octanol–water partition coefficient (Wildman–Crippen LogP) is 1.95. The van der Waals surface area contributed by atoms with Gasteiger partial charge in [-0.2, -0.15) is 9.65 Å². The van der Waals surface area contributed by atoms with Crippen LogP contribution in [0.25, 0.3) is 5.69 Å². The normalized spacial score (nSPS) is 10.2. The van der Waals surface area contributed by atoms with Crippen LogP contribution < -0.4 is 11.2 Å². The fraction of sp³-hybridized carbons (Fsp3) is 0. The van der Waals surface area contributed by atoms with Gasteiger partial charge in [-0.3, -0.25) is 9.78 Å². The van der Waals surface area contributed by atoms with E-state index in [0.717, 1.165) is 0 Å². The van der Waals surface area contributed by atoms with Crippen molar-refractivity contribution in [3.63, 3.8) is 0 Å². The third kappa shape index (κ3) is 2.32. The summed E-state index contributed by atoms with van der Waals surface area (Å²) in [6.07, 6.45) is 0. The highest BCUT2D eigenvalue weighted by atomic mass is 79.9. The molecule has 1 heterocycles. The maximum atomic E-state index is 13.5. The quantitative estimate of drug-likeness (QED) is 0.803. The minimum absolute atomic E-state index is 0.0290. The van der Waals surface area contributed by atoms with E-state index in [2.05, 4.69) is 15.9 Å². The largest absolute Gasteiger partial charge is 0.334 e. The highest BCUT2D eigenvalue weighted by molar-refractivity contribution is 9.10. The van der Waals surface area contributed by atoms with E-state index < -0.39 is 22.2 Å². The second kappa shape index (κ2) is 4.99. The molecule has 0 amide bonds. The number of hydrogen-bond acceptors (Lipinski definition) is 3. The van der Waals surface area contributed by atoms with Gasteiger partial charge in [-0.05, 0) is 18.2 Å². The lowest BCUT2D eigenvalue weighted by Crippen LogP contribution is -2.36. The Hall–Kier alpha value is -1.91. The highest BCUT2D eigenvalue weighted by Gasteiger charge is 2.16. The zero-order valence-corrected chi connectivity index (χ0v) is 11.4. The molecule has 0 saturated heterocycles. The summed E-state index contributed by atoms with van der Waals surface area (Å²) in [6.45, 7) is 0. The first-order valence-corrected chi connectivity index (χ1v) is 6.03. The number of aromatic amines is 1. The molecule has 0 atom stereocenters. The molecule has 2 aromatic rings. The van der Waals surface area contributed by atoms with Gasteiger partial charge in [-0.25, -0.2) is 9.36 Å². The van der Waals surface area contributed by atoms with Crippen LogP contribution in [0.1, 0.15) is 5.56 Å². The van der Waals surface area contributed by atoms with Gasteiger partial charge in [0.2, 0.25) is 5.82 Å². The van der Waals surface area contributed by atoms with Gasteiger partial charge in [0.05, 0.1) is 11.3 Å². The summed E-state index contributed by atoms with van der Waals surface area (Å²) < 4.78 is 14.5. The zero-order valence-electron chi connectivity index (χ0n) is 9.08. The topological polar surface area (TPSA) is 78.7 Å². The Labute approximate surface area is 119 Å². The first-order valence-electron chi connectivity index (χ1n) is 4.86. The Morgan fingerprint density at radius 1 is 1.42 bits per heavy atom. The van der Waals surface area contributed by atoms with E-state index in [-0.39, 0.29) is 11.3 Å². The maximum Gasteiger partial charge on any atom is 0.334 e. The molecular weight excluding hydrogens is 340 g/mol. The van der Waals surface area contributed by atoms with Crippen LogP contribution in [0, 0.1) is 17.1 Å². The van der Waals surface area contributed by atoms with Crippen LogP contribution in [0.4, 0.5) is 4.39 Å². The lowest BCUT2D eigenvalue weighted by molar-refractivity contribution is 0.584. The van der Waals surface area contributed by atoms with Gasteiger partial charge in [-0.1, -0.05) is 27.5 Å². The summed E-state index contributed by atoms with van der Waals surface area (Å²) in [6, 6.07) is 6.15. The number of aromatic nitrogens is 2. The third-order valence-electron chi connectivity index (χ3n) is 2.32. The molecule has 0 unspecified atom stereocenters. The van der Waals surface area contributed by atoms with E-state index in [1.54, 1.807) is 6.07 Å². The summed E-state index contributed by atoms with van der Waals surface area (Å²) in [7, 11) is 0. The predicted molar refractivity (Wildman–Crippen MR) is 70.0 cm³/mol. The number of hydrogen-bond donors (Lipinski definition) is 1. The molecule has 1 N–H and O–H groups in total. The fourth-order valence-corrected chi connectivity index (χ4v) is 2.00. The van der Waals surface area contributed by atoms with Gasteiger partial charge in [0.1, 0.15) is 6.07 Å². The molecule has 0 fully saturated rings. The van der Waals surface area contributed by atoms with Crippen molar-refractivity contribution in [3.8, 4) is 11.8 Å². The number of benzene rings is 1. The van der Waals surface area contributed by atoms with E-state index in [0.29, 0.717) is 9.04 Å². The van der Waals surface area contributed by atoms with Crippen LogP contribution in [-0.2, 0) is 0 Å². The van der Waals surface area contributed by atoms with Crippen molar-refractivity contribution in [2.45, 2.75) is 0 Å². The molecule has 0 spiro atoms. The van der Waals surface area contributed by atoms with Crippen LogP contribution >= 0.6 is 27.5 Å². The minimum Gasteiger partial charge on any atom is -0.295 e. The van der Waals surface area contributed by atoms with E-state index in [9.17, 15) is 14.0 Å². The van der Waals surface area contributed by atoms with Crippen LogP contribution in [-0.4, -0.2) is 9.55 Å². The second-order valence-electron chi connectivity index (χ2n) is 3.47. The summed E-state index contributed by atoms with van der Waals surface area (Å²) >= 11 is 8.51. The summed E-state index contributed by atoms with van der Waals surface area (Å²) in [5.74, 6) is -1.29. The molecule has 0 radical (unpaired) electrons. The number of nitriles is 1. The molecule has 0 aliphatic heterocycles. The van der Waals surface area contributed by atoms with Gasteiger partial charge >= 0.3 is 5.69 Å². The first-order chi connectivity index (χ1) is 8.95. The minimum atomic E-state index is -1.29. The molecule has 0 bridgehead atoms. The Morgan fingerprint density at radius 3 is 2.74 bits per heavy atom. The van der Waals surface area contributed by atoms with Crippen LogP contribution in [0.2, 0.25) is 5.15 Å². The SMILES string of the molecule is N#Cc1ccc(Br)cc1-n1c(=O)[nH]c(Cl)c(F)c1=O. The molecular formula is C11H4BrClFN3O2. The molecule has 1 aromatic carbocycles. The molecule has 96 valence electrons. The average molecular weight is 345 g/mol. The maximum absolute atomic E-state index is 13.5. The summed E-state index contributed by atoms with van der Waals surface area (Å²) in [4.78, 5) is 25.5. The van der Waals surface area contributed by atoms with Crippen LogP contribution in [0.5, 0.6) is 0 Å². The van der Waals surface area contributed by atoms with Gasteiger partial charge in [0.15, 0.2) is 5.15 Å². The van der Waals surface area contributed by atoms with Crippen LogP contribution in [0.3, 0.4) is 0 Å². The second-order valence-corrected chi connectivity index (χ2v) is 4.77. The number of nitrogens with zero attached hydrogens (tertiary/aromatic N) is 2. The average Bonchev–Trinajstić information content (AvgIpc) is 2.36. The number of rotatable bonds is 1. The molecule has 0 aliphatic rings. The number of H-pyrrole nitrogens is 1. The Balaban J connectivity index is 2.92. The lowest BCUT2D eigenvalue weighted by Gasteiger charge is -2.07. The fourth-order valence-electron chi connectivity index (χ4n) is 1.49. The van der Waals surface area contributed by atoms with Crippen molar-refractivity contribution in [2.24, 2.45) is 0 Å². The standard InChI is InChI=1S/C11H4BrClFN3O2/c12-6-2-1-5(4-15)7(3-6)17-10(18)8(14)9(13)16-11(17)19/h1-3H,(H,16,19). The van der Waals surface area contributed by atoms with Gasteiger partial charge in [-0.15, -0.1) is 0 Å². The molecule has 1 aromatic heterocycles. The molecule has 0 aliphatic carbocycles. The highest BCUT2D eigenvalue weighted by Crippen LogP contribution is 2.18. The zero-order chi connectivity index (χ0) is 14.2. The van der Waals surface area contributed by atoms with Crippen molar-refractivity contribution in [2.75, 3.05) is 0 Å². The van der Waals surface area contributed by atoms with Crippen molar-refractivity contribution in [1.82, 2.24) is 9.55 Å². The molecule has 5 nitrogen and oxygen atoms in total. The monoisotopic (exact) mass is 343 g/mol. The lowest BCUT2D eigenvalue weighted by atomic mass is 10.2. The third-order valence-corrected chi connectivity index (χ3v) is 3.08.